The Kier molecular flexibility index (Phi) is 4.69. The topological polar surface area (TPSA) is 153 Å². The van der Waals surface area contributed by atoms with Crippen molar-refractivity contribution in [3.8, 4) is 22.5 Å². The van der Waals surface area contributed by atoms with Gasteiger partial charge in [-0.1, -0.05) is 18.2 Å². The molecule has 3 rings (SSSR count). The highest BCUT2D eigenvalue weighted by atomic mass is 19.4. The summed E-state index contributed by atoms with van der Waals surface area (Å²) in [6.07, 6.45) is -4.84. The molecule has 0 aliphatic heterocycles. The second-order valence-electron chi connectivity index (χ2n) is 5.59. The highest BCUT2D eigenvalue weighted by Gasteiger charge is 2.39. The first-order chi connectivity index (χ1) is 13.2. The van der Waals surface area contributed by atoms with Crippen LogP contribution in [0.2, 0.25) is 0 Å². The lowest BCUT2D eigenvalue weighted by molar-refractivity contribution is -0.136. The van der Waals surface area contributed by atoms with Gasteiger partial charge in [-0.2, -0.15) is 13.2 Å². The van der Waals surface area contributed by atoms with E-state index in [2.05, 4.69) is 25.9 Å². The summed E-state index contributed by atoms with van der Waals surface area (Å²) in [4.78, 5) is 22.4. The van der Waals surface area contributed by atoms with Crippen LogP contribution in [0.4, 0.5) is 23.7 Å². The number of benzene rings is 2. The van der Waals surface area contributed by atoms with E-state index in [1.54, 1.807) is 0 Å². The van der Waals surface area contributed by atoms with Crippen molar-refractivity contribution in [2.24, 2.45) is 11.5 Å². The predicted molar refractivity (Wildman–Crippen MR) is 91.8 cm³/mol. The second kappa shape index (κ2) is 6.98. The molecule has 0 unspecified atom stereocenters. The van der Waals surface area contributed by atoms with Crippen molar-refractivity contribution in [1.82, 2.24) is 20.6 Å². The molecule has 1 heterocycles. The molecule has 0 fully saturated rings. The predicted octanol–water partition coefficient (Wildman–Crippen LogP) is 2.14. The van der Waals surface area contributed by atoms with E-state index in [-0.39, 0.29) is 28.2 Å². The van der Waals surface area contributed by atoms with Gasteiger partial charge in [0.25, 0.3) is 0 Å². The molecule has 0 bridgehead atoms. The van der Waals surface area contributed by atoms with Crippen LogP contribution in [0.5, 0.6) is 0 Å². The number of aromatic amines is 1. The summed E-state index contributed by atoms with van der Waals surface area (Å²) in [7, 11) is 0. The van der Waals surface area contributed by atoms with Gasteiger partial charge >= 0.3 is 12.2 Å². The van der Waals surface area contributed by atoms with E-state index < -0.39 is 29.2 Å². The molecule has 0 saturated carbocycles. The quantitative estimate of drug-likeness (QED) is 0.537. The summed E-state index contributed by atoms with van der Waals surface area (Å²) in [6, 6.07) is 6.63. The molecule has 2 aromatic carbocycles. The minimum absolute atomic E-state index is 0.143. The molecule has 3 aromatic rings. The number of urea groups is 1. The molecule has 1 aromatic heterocycles. The molecule has 0 aliphatic carbocycles. The summed E-state index contributed by atoms with van der Waals surface area (Å²) in [5.41, 5.74) is 8.51. The number of H-pyrrole nitrogens is 1. The number of nitrogens with zero attached hydrogens (tertiary/aromatic N) is 3. The van der Waals surface area contributed by atoms with E-state index in [1.807, 2.05) is 0 Å². The van der Waals surface area contributed by atoms with Crippen molar-refractivity contribution in [3.63, 3.8) is 0 Å². The van der Waals surface area contributed by atoms with Gasteiger partial charge in [-0.05, 0) is 39.8 Å². The van der Waals surface area contributed by atoms with Crippen LogP contribution in [0, 0.1) is 0 Å². The number of aromatic nitrogens is 4. The number of rotatable bonds is 4. The SMILES string of the molecule is NC(=O)Nc1ccc(-c2ccc(C(N)=O)cc2)c(C(F)(F)F)c1-c1nnn[nH]1. The minimum atomic E-state index is -4.84. The van der Waals surface area contributed by atoms with Gasteiger partial charge in [0.05, 0.1) is 16.8 Å². The van der Waals surface area contributed by atoms with Crippen molar-refractivity contribution in [2.45, 2.75) is 6.18 Å². The minimum Gasteiger partial charge on any atom is -0.366 e. The fraction of sp³-hybridized carbons (Fsp3) is 0.0625. The average Bonchev–Trinajstić information content (AvgIpc) is 3.14. The fourth-order valence-electron chi connectivity index (χ4n) is 2.70. The van der Waals surface area contributed by atoms with E-state index in [9.17, 15) is 22.8 Å². The van der Waals surface area contributed by atoms with Crippen LogP contribution in [0.1, 0.15) is 15.9 Å². The van der Waals surface area contributed by atoms with Gasteiger partial charge < -0.3 is 16.8 Å². The zero-order valence-corrected chi connectivity index (χ0v) is 13.9. The Hall–Kier alpha value is -3.96. The highest BCUT2D eigenvalue weighted by Crippen LogP contribution is 2.45. The van der Waals surface area contributed by atoms with Gasteiger partial charge in [-0.3, -0.25) is 4.79 Å². The molecule has 3 amide bonds. The highest BCUT2D eigenvalue weighted by molar-refractivity contribution is 5.96. The van der Waals surface area contributed by atoms with E-state index >= 15 is 0 Å². The van der Waals surface area contributed by atoms with Gasteiger partial charge in [0.15, 0.2) is 5.82 Å². The van der Waals surface area contributed by atoms with Crippen LogP contribution in [0.3, 0.4) is 0 Å². The Bertz CT molecular complexity index is 1030. The summed E-state index contributed by atoms with van der Waals surface area (Å²) < 4.78 is 42.0. The number of anilines is 1. The molecule has 0 radical (unpaired) electrons. The van der Waals surface area contributed by atoms with Gasteiger partial charge in [0, 0.05) is 5.56 Å². The van der Waals surface area contributed by atoms with Crippen LogP contribution in [-0.4, -0.2) is 32.6 Å². The molecule has 0 atom stereocenters. The average molecular weight is 391 g/mol. The van der Waals surface area contributed by atoms with Crippen LogP contribution in [-0.2, 0) is 6.18 Å². The molecular weight excluding hydrogens is 379 g/mol. The maximum Gasteiger partial charge on any atom is 0.417 e. The largest absolute Gasteiger partial charge is 0.417 e. The number of nitrogens with two attached hydrogens (primary N) is 2. The Morgan fingerprint density at radius 3 is 2.21 bits per heavy atom. The molecule has 12 heteroatoms. The third-order valence-electron chi connectivity index (χ3n) is 3.81. The Labute approximate surface area is 154 Å². The number of halogens is 3. The van der Waals surface area contributed by atoms with Crippen molar-refractivity contribution >= 4 is 17.6 Å². The standard InChI is InChI=1S/C16H12F3N7O2/c17-16(18,19)12-9(7-1-3-8(4-2-7)13(20)27)5-6-10(22-15(21)28)11(12)14-23-25-26-24-14/h1-6H,(H2,20,27)(H3,21,22,28)(H,23,24,25,26). The summed E-state index contributed by atoms with van der Waals surface area (Å²) in [5.74, 6) is -1.02. The summed E-state index contributed by atoms with van der Waals surface area (Å²) in [5, 5.41) is 14.5. The number of alkyl halides is 3. The van der Waals surface area contributed by atoms with Crippen LogP contribution in [0.25, 0.3) is 22.5 Å². The maximum absolute atomic E-state index is 14.0. The van der Waals surface area contributed by atoms with Gasteiger partial charge in [-0.25, -0.2) is 9.89 Å². The van der Waals surface area contributed by atoms with Gasteiger partial charge in [0.1, 0.15) is 0 Å². The second-order valence-corrected chi connectivity index (χ2v) is 5.59. The van der Waals surface area contributed by atoms with Crippen molar-refractivity contribution < 1.29 is 22.8 Å². The zero-order valence-electron chi connectivity index (χ0n) is 13.9. The lowest BCUT2D eigenvalue weighted by Crippen LogP contribution is -2.21. The molecule has 0 aliphatic rings. The summed E-state index contributed by atoms with van der Waals surface area (Å²) >= 11 is 0. The monoisotopic (exact) mass is 391 g/mol. The smallest absolute Gasteiger partial charge is 0.366 e. The number of carbonyl (C=O) groups excluding carboxylic acids is 2. The first-order valence-corrected chi connectivity index (χ1v) is 7.63. The zero-order chi connectivity index (χ0) is 20.5. The number of hydrogen-bond donors (Lipinski definition) is 4. The third-order valence-corrected chi connectivity index (χ3v) is 3.81. The first-order valence-electron chi connectivity index (χ1n) is 7.63. The van der Waals surface area contributed by atoms with Crippen LogP contribution < -0.4 is 16.8 Å². The third kappa shape index (κ3) is 3.60. The number of amides is 3. The number of primary amides is 2. The van der Waals surface area contributed by atoms with Crippen molar-refractivity contribution in [1.29, 1.82) is 0 Å². The van der Waals surface area contributed by atoms with E-state index in [1.165, 1.54) is 36.4 Å². The lowest BCUT2D eigenvalue weighted by Gasteiger charge is -2.19. The Morgan fingerprint density at radius 2 is 1.71 bits per heavy atom. The normalized spacial score (nSPS) is 11.2. The van der Waals surface area contributed by atoms with E-state index in [4.69, 9.17) is 11.5 Å². The molecule has 0 saturated heterocycles. The van der Waals surface area contributed by atoms with Crippen molar-refractivity contribution in [3.05, 3.63) is 47.5 Å². The van der Waals surface area contributed by atoms with Crippen LogP contribution in [0.15, 0.2) is 36.4 Å². The van der Waals surface area contributed by atoms with E-state index in [0.29, 0.717) is 0 Å². The lowest BCUT2D eigenvalue weighted by atomic mass is 9.92. The number of carbonyl (C=O) groups is 2. The molecular formula is C16H12F3N7O2. The maximum atomic E-state index is 14.0. The van der Waals surface area contributed by atoms with Crippen molar-refractivity contribution in [2.75, 3.05) is 5.32 Å². The van der Waals surface area contributed by atoms with Crippen LogP contribution >= 0.6 is 0 Å². The fourth-order valence-corrected chi connectivity index (χ4v) is 2.70. The number of hydrogen-bond acceptors (Lipinski definition) is 5. The number of tetrazole rings is 1. The molecule has 0 spiro atoms. The Morgan fingerprint density at radius 1 is 1.04 bits per heavy atom. The summed E-state index contributed by atoms with van der Waals surface area (Å²) in [6.45, 7) is 0. The number of nitrogens with one attached hydrogen (secondary N) is 2. The molecule has 144 valence electrons. The van der Waals surface area contributed by atoms with Gasteiger partial charge in [-0.15, -0.1) is 5.10 Å². The Balaban J connectivity index is 2.30. The molecule has 9 nitrogen and oxygen atoms in total. The van der Waals surface area contributed by atoms with Gasteiger partial charge in [0.2, 0.25) is 5.91 Å². The molecule has 6 N–H and O–H groups in total. The van der Waals surface area contributed by atoms with E-state index in [0.717, 1.165) is 0 Å². The molecule has 28 heavy (non-hydrogen) atoms. The first kappa shape index (κ1) is 18.8.